The lowest BCUT2D eigenvalue weighted by atomic mass is 10.3. The van der Waals surface area contributed by atoms with Crippen LogP contribution in [0.5, 0.6) is 0 Å². The number of nitrogens with zero attached hydrogens (tertiary/aromatic N) is 1. The fourth-order valence-electron chi connectivity index (χ4n) is 1.36. The molecule has 0 bridgehead atoms. The molecule has 4 nitrogen and oxygen atoms in total. The Labute approximate surface area is 108 Å². The van der Waals surface area contributed by atoms with E-state index in [1.54, 1.807) is 6.07 Å². The third kappa shape index (κ3) is 2.87. The third-order valence-electron chi connectivity index (χ3n) is 2.07. The number of nitrogens with one attached hydrogen (secondary N) is 2. The fraction of sp³-hybridized carbons (Fsp3) is 0.273. The van der Waals surface area contributed by atoms with Crippen LogP contribution in [0.2, 0.25) is 4.34 Å². The van der Waals surface area contributed by atoms with Gasteiger partial charge in [-0.3, -0.25) is 9.89 Å². The number of carbonyl (C=O) groups is 1. The van der Waals surface area contributed by atoms with Gasteiger partial charge in [0.2, 0.25) is 0 Å². The van der Waals surface area contributed by atoms with Crippen molar-refractivity contribution in [3.05, 3.63) is 28.2 Å². The van der Waals surface area contributed by atoms with E-state index >= 15 is 0 Å². The molecule has 0 fully saturated rings. The van der Waals surface area contributed by atoms with Crippen molar-refractivity contribution in [1.82, 2.24) is 15.5 Å². The van der Waals surface area contributed by atoms with Gasteiger partial charge >= 0.3 is 0 Å². The van der Waals surface area contributed by atoms with Crippen molar-refractivity contribution in [3.8, 4) is 10.6 Å². The van der Waals surface area contributed by atoms with Gasteiger partial charge in [0.25, 0.3) is 5.91 Å². The molecule has 0 unspecified atom stereocenters. The second-order valence-corrected chi connectivity index (χ2v) is 5.61. The van der Waals surface area contributed by atoms with E-state index in [1.807, 2.05) is 26.0 Å². The second-order valence-electron chi connectivity index (χ2n) is 3.90. The van der Waals surface area contributed by atoms with Crippen LogP contribution in [0.25, 0.3) is 10.6 Å². The van der Waals surface area contributed by atoms with E-state index in [4.69, 9.17) is 11.6 Å². The minimum absolute atomic E-state index is 0.0961. The first-order chi connectivity index (χ1) is 8.06. The lowest BCUT2D eigenvalue weighted by Crippen LogP contribution is -2.30. The molecule has 0 aromatic carbocycles. The molecule has 2 heterocycles. The molecule has 2 aromatic rings. The Morgan fingerprint density at radius 3 is 2.88 bits per heavy atom. The van der Waals surface area contributed by atoms with Crippen LogP contribution in [0, 0.1) is 0 Å². The molecule has 2 rings (SSSR count). The van der Waals surface area contributed by atoms with Crippen LogP contribution in [0.3, 0.4) is 0 Å². The number of rotatable bonds is 3. The van der Waals surface area contributed by atoms with E-state index in [1.165, 1.54) is 11.3 Å². The van der Waals surface area contributed by atoms with E-state index in [0.717, 1.165) is 10.6 Å². The minimum atomic E-state index is -0.176. The van der Waals surface area contributed by atoms with Gasteiger partial charge in [-0.2, -0.15) is 5.10 Å². The Balaban J connectivity index is 2.19. The first-order valence-electron chi connectivity index (χ1n) is 5.18. The van der Waals surface area contributed by atoms with Crippen molar-refractivity contribution in [1.29, 1.82) is 0 Å². The number of halogens is 1. The molecule has 0 spiro atoms. The summed E-state index contributed by atoms with van der Waals surface area (Å²) in [6.07, 6.45) is 0. The Bertz CT molecular complexity index is 532. The van der Waals surface area contributed by atoms with Crippen LogP contribution in [-0.4, -0.2) is 22.1 Å². The molecule has 2 aromatic heterocycles. The third-order valence-corrected chi connectivity index (χ3v) is 3.33. The molecule has 6 heteroatoms. The Kier molecular flexibility index (Phi) is 3.49. The first-order valence-corrected chi connectivity index (χ1v) is 6.37. The highest BCUT2D eigenvalue weighted by Crippen LogP contribution is 2.29. The summed E-state index contributed by atoms with van der Waals surface area (Å²) in [5.41, 5.74) is 1.19. The second kappa shape index (κ2) is 4.89. The van der Waals surface area contributed by atoms with Crippen molar-refractivity contribution < 1.29 is 4.79 Å². The Morgan fingerprint density at radius 1 is 1.53 bits per heavy atom. The SMILES string of the molecule is CC(C)NC(=O)c1cc(-c2ccc(Cl)s2)[nH]n1. The van der Waals surface area contributed by atoms with Gasteiger partial charge in [-0.05, 0) is 32.0 Å². The van der Waals surface area contributed by atoms with Gasteiger partial charge in [-0.15, -0.1) is 11.3 Å². The van der Waals surface area contributed by atoms with Crippen LogP contribution in [0.15, 0.2) is 18.2 Å². The summed E-state index contributed by atoms with van der Waals surface area (Å²) < 4.78 is 0.711. The lowest BCUT2D eigenvalue weighted by Gasteiger charge is -2.04. The van der Waals surface area contributed by atoms with Crippen LogP contribution in [0.4, 0.5) is 0 Å². The Morgan fingerprint density at radius 2 is 2.29 bits per heavy atom. The van der Waals surface area contributed by atoms with Gasteiger partial charge in [0.1, 0.15) is 0 Å². The van der Waals surface area contributed by atoms with Crippen molar-refractivity contribution in [2.24, 2.45) is 0 Å². The summed E-state index contributed by atoms with van der Waals surface area (Å²) in [6, 6.07) is 5.53. The molecule has 0 atom stereocenters. The highest BCUT2D eigenvalue weighted by atomic mass is 35.5. The van der Waals surface area contributed by atoms with Gasteiger partial charge in [-0.25, -0.2) is 0 Å². The van der Waals surface area contributed by atoms with Gasteiger partial charge in [0.05, 0.1) is 14.9 Å². The molecule has 0 aliphatic carbocycles. The molecule has 2 N–H and O–H groups in total. The van der Waals surface area contributed by atoms with E-state index in [-0.39, 0.29) is 11.9 Å². The summed E-state index contributed by atoms with van der Waals surface area (Å²) in [5, 5.41) is 9.60. The van der Waals surface area contributed by atoms with Crippen molar-refractivity contribution in [2.75, 3.05) is 0 Å². The maximum Gasteiger partial charge on any atom is 0.271 e. The van der Waals surface area contributed by atoms with E-state index in [9.17, 15) is 4.79 Å². The predicted octanol–water partition coefficient (Wildman–Crippen LogP) is 2.93. The molecule has 1 amide bonds. The maximum atomic E-state index is 11.7. The number of H-pyrrole nitrogens is 1. The topological polar surface area (TPSA) is 57.8 Å². The molecule has 0 radical (unpaired) electrons. The van der Waals surface area contributed by atoms with Crippen molar-refractivity contribution in [3.63, 3.8) is 0 Å². The normalized spacial score (nSPS) is 10.8. The number of hydrogen-bond acceptors (Lipinski definition) is 3. The van der Waals surface area contributed by atoms with Crippen LogP contribution in [0.1, 0.15) is 24.3 Å². The van der Waals surface area contributed by atoms with Crippen LogP contribution >= 0.6 is 22.9 Å². The zero-order chi connectivity index (χ0) is 12.4. The van der Waals surface area contributed by atoms with Crippen molar-refractivity contribution in [2.45, 2.75) is 19.9 Å². The van der Waals surface area contributed by atoms with E-state index < -0.39 is 0 Å². The van der Waals surface area contributed by atoms with Crippen molar-refractivity contribution >= 4 is 28.8 Å². The predicted molar refractivity (Wildman–Crippen MR) is 69.5 cm³/mol. The smallest absolute Gasteiger partial charge is 0.271 e. The quantitative estimate of drug-likeness (QED) is 0.900. The Hall–Kier alpha value is -1.33. The number of aromatic nitrogens is 2. The summed E-state index contributed by atoms with van der Waals surface area (Å²) in [5.74, 6) is -0.176. The zero-order valence-corrected chi connectivity index (χ0v) is 11.0. The highest BCUT2D eigenvalue weighted by molar-refractivity contribution is 7.19. The molecule has 90 valence electrons. The summed E-state index contributed by atoms with van der Waals surface area (Å²) in [7, 11) is 0. The summed E-state index contributed by atoms with van der Waals surface area (Å²) in [6.45, 7) is 3.81. The van der Waals surface area contributed by atoms with Gasteiger partial charge in [0.15, 0.2) is 5.69 Å². The lowest BCUT2D eigenvalue weighted by molar-refractivity contribution is 0.0938. The number of hydrogen-bond donors (Lipinski definition) is 2. The standard InChI is InChI=1S/C11H12ClN3OS/c1-6(2)13-11(16)8-5-7(14-15-8)9-3-4-10(12)17-9/h3-6H,1-2H3,(H,13,16)(H,14,15). The highest BCUT2D eigenvalue weighted by Gasteiger charge is 2.12. The van der Waals surface area contributed by atoms with Crippen LogP contribution < -0.4 is 5.32 Å². The largest absolute Gasteiger partial charge is 0.348 e. The van der Waals surface area contributed by atoms with Crippen LogP contribution in [-0.2, 0) is 0 Å². The molecule has 0 aliphatic heterocycles. The molecule has 17 heavy (non-hydrogen) atoms. The van der Waals surface area contributed by atoms with E-state index in [0.29, 0.717) is 10.0 Å². The number of thiophene rings is 1. The fourth-order valence-corrected chi connectivity index (χ4v) is 2.37. The molecule has 0 aliphatic rings. The summed E-state index contributed by atoms with van der Waals surface area (Å²) >= 11 is 7.30. The average molecular weight is 270 g/mol. The number of aromatic amines is 1. The van der Waals surface area contributed by atoms with Gasteiger partial charge in [-0.1, -0.05) is 11.6 Å². The molecule has 0 saturated heterocycles. The van der Waals surface area contributed by atoms with E-state index in [2.05, 4.69) is 15.5 Å². The minimum Gasteiger partial charge on any atom is -0.348 e. The van der Waals surface area contributed by atoms with Gasteiger partial charge < -0.3 is 5.32 Å². The number of amides is 1. The zero-order valence-electron chi connectivity index (χ0n) is 9.45. The molecule has 0 saturated carbocycles. The average Bonchev–Trinajstić information content (AvgIpc) is 2.84. The maximum absolute atomic E-state index is 11.7. The number of carbonyl (C=O) groups excluding carboxylic acids is 1. The molecular weight excluding hydrogens is 258 g/mol. The van der Waals surface area contributed by atoms with Gasteiger partial charge in [0, 0.05) is 6.04 Å². The monoisotopic (exact) mass is 269 g/mol. The summed E-state index contributed by atoms with van der Waals surface area (Å²) in [4.78, 5) is 12.7. The first kappa shape index (κ1) is 12.1. The molecular formula is C11H12ClN3OS.